The van der Waals surface area contributed by atoms with Gasteiger partial charge in [0.1, 0.15) is 17.8 Å². The van der Waals surface area contributed by atoms with E-state index in [2.05, 4.69) is 17.9 Å². The largest absolute Gasteiger partial charge is 0.494 e. The quantitative estimate of drug-likeness (QED) is 0.419. The second-order valence-corrected chi connectivity index (χ2v) is 8.04. The molecule has 0 spiro atoms. The number of unbranched alkanes of at least 4 members (excludes halogenated alkanes) is 1. The number of aldehydes is 1. The summed E-state index contributed by atoms with van der Waals surface area (Å²) in [5.41, 5.74) is 4.23. The Hall–Kier alpha value is -2.33. The van der Waals surface area contributed by atoms with Crippen LogP contribution in [0.3, 0.4) is 0 Å². The second kappa shape index (κ2) is 9.45. The molecular formula is C25H31NO3. The molecule has 2 aromatic carbocycles. The molecule has 0 aromatic heterocycles. The van der Waals surface area contributed by atoms with E-state index in [1.54, 1.807) is 0 Å². The van der Waals surface area contributed by atoms with Crippen LogP contribution >= 0.6 is 0 Å². The molecule has 1 heterocycles. The SMILES string of the molecule is CCCCOc1ccc2c(c1)C(C=O)c1cccc(OCCCN3CCCC3)c1-2. The molecule has 4 nitrogen and oxygen atoms in total. The molecule has 1 unspecified atom stereocenters. The lowest BCUT2D eigenvalue weighted by molar-refractivity contribution is -0.108. The van der Waals surface area contributed by atoms with Gasteiger partial charge in [-0.25, -0.2) is 0 Å². The number of hydrogen-bond acceptors (Lipinski definition) is 4. The number of ether oxygens (including phenoxy) is 2. The van der Waals surface area contributed by atoms with Crippen LogP contribution in [0.5, 0.6) is 11.5 Å². The van der Waals surface area contributed by atoms with Crippen molar-refractivity contribution in [3.05, 3.63) is 47.5 Å². The predicted molar refractivity (Wildman–Crippen MR) is 116 cm³/mol. The molecule has 2 aromatic rings. The number of nitrogens with zero attached hydrogens (tertiary/aromatic N) is 1. The van der Waals surface area contributed by atoms with E-state index in [9.17, 15) is 4.79 Å². The first-order valence-corrected chi connectivity index (χ1v) is 11.0. The van der Waals surface area contributed by atoms with Crippen molar-refractivity contribution in [2.75, 3.05) is 32.8 Å². The van der Waals surface area contributed by atoms with Gasteiger partial charge in [0.15, 0.2) is 0 Å². The van der Waals surface area contributed by atoms with E-state index in [-0.39, 0.29) is 5.92 Å². The van der Waals surface area contributed by atoms with Crippen molar-refractivity contribution in [2.24, 2.45) is 0 Å². The highest BCUT2D eigenvalue weighted by Crippen LogP contribution is 2.49. The molecule has 2 aliphatic rings. The molecule has 1 fully saturated rings. The summed E-state index contributed by atoms with van der Waals surface area (Å²) >= 11 is 0. The summed E-state index contributed by atoms with van der Waals surface area (Å²) in [6.07, 6.45) is 6.84. The first-order chi connectivity index (χ1) is 14.3. The molecule has 0 amide bonds. The van der Waals surface area contributed by atoms with Crippen molar-refractivity contribution in [2.45, 2.75) is 44.9 Å². The van der Waals surface area contributed by atoms with Gasteiger partial charge in [0, 0.05) is 12.1 Å². The number of carbonyl (C=O) groups is 1. The Morgan fingerprint density at radius 1 is 1.03 bits per heavy atom. The van der Waals surface area contributed by atoms with Gasteiger partial charge in [-0.05, 0) is 73.7 Å². The smallest absolute Gasteiger partial charge is 0.131 e. The second-order valence-electron chi connectivity index (χ2n) is 8.04. The zero-order valence-electron chi connectivity index (χ0n) is 17.4. The molecule has 1 aliphatic heterocycles. The predicted octanol–water partition coefficient (Wildman–Crippen LogP) is 5.04. The highest BCUT2D eigenvalue weighted by atomic mass is 16.5. The van der Waals surface area contributed by atoms with Crippen molar-refractivity contribution >= 4 is 6.29 Å². The average Bonchev–Trinajstić information content (AvgIpc) is 3.37. The molecule has 29 heavy (non-hydrogen) atoms. The molecule has 0 bridgehead atoms. The number of likely N-dealkylation sites (tertiary alicyclic amines) is 1. The molecule has 0 saturated carbocycles. The highest BCUT2D eigenvalue weighted by Gasteiger charge is 2.31. The summed E-state index contributed by atoms with van der Waals surface area (Å²) in [4.78, 5) is 14.4. The monoisotopic (exact) mass is 393 g/mol. The molecule has 1 saturated heterocycles. The summed E-state index contributed by atoms with van der Waals surface area (Å²) in [7, 11) is 0. The fourth-order valence-electron chi connectivity index (χ4n) is 4.46. The fraction of sp³-hybridized carbons (Fsp3) is 0.480. The minimum Gasteiger partial charge on any atom is -0.494 e. The highest BCUT2D eigenvalue weighted by molar-refractivity contribution is 5.91. The molecule has 4 rings (SSSR count). The average molecular weight is 394 g/mol. The third kappa shape index (κ3) is 4.32. The van der Waals surface area contributed by atoms with E-state index >= 15 is 0 Å². The van der Waals surface area contributed by atoms with Gasteiger partial charge in [0.2, 0.25) is 0 Å². The summed E-state index contributed by atoms with van der Waals surface area (Å²) in [6.45, 7) is 7.10. The van der Waals surface area contributed by atoms with E-state index in [0.29, 0.717) is 13.2 Å². The normalized spacial score (nSPS) is 17.8. The third-order valence-corrected chi connectivity index (χ3v) is 6.00. The van der Waals surface area contributed by atoms with Crippen molar-refractivity contribution < 1.29 is 14.3 Å². The van der Waals surface area contributed by atoms with Crippen molar-refractivity contribution in [1.29, 1.82) is 0 Å². The number of hydrogen-bond donors (Lipinski definition) is 0. The Balaban J connectivity index is 1.50. The van der Waals surface area contributed by atoms with E-state index < -0.39 is 0 Å². The number of benzene rings is 2. The van der Waals surface area contributed by atoms with Gasteiger partial charge in [0.05, 0.1) is 19.1 Å². The van der Waals surface area contributed by atoms with E-state index in [1.165, 1.54) is 25.9 Å². The van der Waals surface area contributed by atoms with Crippen molar-refractivity contribution in [1.82, 2.24) is 4.90 Å². The topological polar surface area (TPSA) is 38.8 Å². The van der Waals surface area contributed by atoms with Crippen LogP contribution in [0.2, 0.25) is 0 Å². The van der Waals surface area contributed by atoms with Gasteiger partial charge in [0.25, 0.3) is 0 Å². The third-order valence-electron chi connectivity index (χ3n) is 6.00. The molecule has 154 valence electrons. The minimum absolute atomic E-state index is 0.247. The van der Waals surface area contributed by atoms with Gasteiger partial charge >= 0.3 is 0 Å². The van der Waals surface area contributed by atoms with Crippen LogP contribution in [0.15, 0.2) is 36.4 Å². The Morgan fingerprint density at radius 2 is 1.86 bits per heavy atom. The lowest BCUT2D eigenvalue weighted by atomic mass is 9.98. The van der Waals surface area contributed by atoms with E-state index in [4.69, 9.17) is 9.47 Å². The van der Waals surface area contributed by atoms with Crippen molar-refractivity contribution in [3.8, 4) is 22.6 Å². The molecule has 0 radical (unpaired) electrons. The standard InChI is InChI=1S/C25H31NO3/c1-2-3-15-28-19-10-11-21-22(17-19)23(18-27)20-8-6-9-24(25(20)21)29-16-7-14-26-12-4-5-13-26/h6,8-11,17-18,23H,2-5,7,12-16H2,1H3. The van der Waals surface area contributed by atoms with Crippen LogP contribution < -0.4 is 9.47 Å². The van der Waals surface area contributed by atoms with Crippen LogP contribution in [0.1, 0.15) is 56.1 Å². The van der Waals surface area contributed by atoms with Crippen LogP contribution in [-0.4, -0.2) is 44.0 Å². The van der Waals surface area contributed by atoms with Crippen LogP contribution in [0, 0.1) is 0 Å². The van der Waals surface area contributed by atoms with Crippen LogP contribution in [-0.2, 0) is 4.79 Å². The zero-order chi connectivity index (χ0) is 20.1. The Bertz CT molecular complexity index is 842. The Labute approximate surface area is 173 Å². The molecule has 4 heteroatoms. The lowest BCUT2D eigenvalue weighted by Crippen LogP contribution is -2.21. The maximum absolute atomic E-state index is 11.9. The molecule has 0 N–H and O–H groups in total. The fourth-order valence-corrected chi connectivity index (χ4v) is 4.46. The van der Waals surface area contributed by atoms with Crippen LogP contribution in [0.4, 0.5) is 0 Å². The zero-order valence-corrected chi connectivity index (χ0v) is 17.4. The Kier molecular flexibility index (Phi) is 6.50. The first-order valence-electron chi connectivity index (χ1n) is 11.0. The minimum atomic E-state index is -0.247. The van der Waals surface area contributed by atoms with Gasteiger partial charge in [-0.15, -0.1) is 0 Å². The number of fused-ring (bicyclic) bond motifs is 3. The van der Waals surface area contributed by atoms with Gasteiger partial charge < -0.3 is 19.2 Å². The maximum Gasteiger partial charge on any atom is 0.131 e. The Morgan fingerprint density at radius 3 is 2.66 bits per heavy atom. The van der Waals surface area contributed by atoms with Gasteiger partial charge in [-0.2, -0.15) is 0 Å². The number of carbonyl (C=O) groups excluding carboxylic acids is 1. The molecular weight excluding hydrogens is 362 g/mol. The van der Waals surface area contributed by atoms with E-state index in [0.717, 1.165) is 65.8 Å². The first kappa shape index (κ1) is 20.0. The molecule has 1 atom stereocenters. The van der Waals surface area contributed by atoms with Gasteiger partial charge in [-0.3, -0.25) is 0 Å². The summed E-state index contributed by atoms with van der Waals surface area (Å²) in [6, 6.07) is 12.2. The van der Waals surface area contributed by atoms with Crippen LogP contribution in [0.25, 0.3) is 11.1 Å². The molecule has 1 aliphatic carbocycles. The maximum atomic E-state index is 11.9. The van der Waals surface area contributed by atoms with Gasteiger partial charge in [-0.1, -0.05) is 31.5 Å². The summed E-state index contributed by atoms with van der Waals surface area (Å²) in [5.74, 6) is 1.47. The lowest BCUT2D eigenvalue weighted by Gasteiger charge is -2.16. The summed E-state index contributed by atoms with van der Waals surface area (Å²) in [5, 5.41) is 0. The summed E-state index contributed by atoms with van der Waals surface area (Å²) < 4.78 is 12.1. The van der Waals surface area contributed by atoms with E-state index in [1.807, 2.05) is 30.3 Å². The van der Waals surface area contributed by atoms with Crippen molar-refractivity contribution in [3.63, 3.8) is 0 Å². The number of rotatable bonds is 10.